The van der Waals surface area contributed by atoms with Gasteiger partial charge in [-0.25, -0.2) is 4.79 Å². The van der Waals surface area contributed by atoms with Crippen molar-refractivity contribution in [1.29, 1.82) is 0 Å². The number of aromatic nitrogens is 2. The maximum atomic E-state index is 12.0. The van der Waals surface area contributed by atoms with E-state index in [1.165, 1.54) is 10.9 Å². The second kappa shape index (κ2) is 4.53. The summed E-state index contributed by atoms with van der Waals surface area (Å²) in [6.07, 6.45) is 3.24. The monoisotopic (exact) mass is 277 g/mol. The normalized spacial score (nSPS) is 10.1. The summed E-state index contributed by atoms with van der Waals surface area (Å²) in [6, 6.07) is 9.04. The maximum absolute atomic E-state index is 12.0. The molecule has 16 heavy (non-hydrogen) atoms. The number of benzene rings is 1. The summed E-state index contributed by atoms with van der Waals surface area (Å²) in [4.78, 5) is 16.1. The van der Waals surface area contributed by atoms with Crippen molar-refractivity contribution in [3.05, 3.63) is 58.6 Å². The first-order valence-corrected chi connectivity index (χ1v) is 5.60. The summed E-state index contributed by atoms with van der Waals surface area (Å²) in [5, 5.41) is 0. The molecule has 1 aromatic carbocycles. The first-order chi connectivity index (χ1) is 7.66. The molecule has 0 spiro atoms. The van der Waals surface area contributed by atoms with E-state index in [0.29, 0.717) is 5.56 Å². The summed E-state index contributed by atoms with van der Waals surface area (Å²) in [5.74, 6) is -0.0833. The molecule has 0 aliphatic rings. The number of carbonyl (C=O) groups excluding carboxylic acids is 1. The van der Waals surface area contributed by atoms with Gasteiger partial charge in [0.25, 0.3) is 6.33 Å². The maximum Gasteiger partial charge on any atom is 0.345 e. The van der Waals surface area contributed by atoms with E-state index in [2.05, 4.69) is 20.9 Å². The average Bonchev–Trinajstić information content (AvgIpc) is 2.30. The molecule has 0 aliphatic carbocycles. The molecule has 0 bridgehead atoms. The summed E-state index contributed by atoms with van der Waals surface area (Å²) in [7, 11) is 0. The van der Waals surface area contributed by atoms with Crippen molar-refractivity contribution in [2.24, 2.45) is 0 Å². The van der Waals surface area contributed by atoms with E-state index in [-0.39, 0.29) is 5.91 Å². The standard InChI is InChI=1S/C12H10BrN2O/c1-9-6-7-15(8-14-9)12(16)10-2-4-11(13)5-3-10/h2-8H,1H3/q+1. The van der Waals surface area contributed by atoms with Crippen LogP contribution >= 0.6 is 15.9 Å². The van der Waals surface area contributed by atoms with Crippen molar-refractivity contribution in [2.45, 2.75) is 6.92 Å². The molecule has 0 fully saturated rings. The van der Waals surface area contributed by atoms with Crippen LogP contribution in [0.15, 0.2) is 47.3 Å². The van der Waals surface area contributed by atoms with Gasteiger partial charge in [0.05, 0.1) is 5.56 Å². The third-order valence-electron chi connectivity index (χ3n) is 2.19. The van der Waals surface area contributed by atoms with Crippen molar-refractivity contribution in [3.8, 4) is 0 Å². The van der Waals surface area contributed by atoms with E-state index in [1.807, 2.05) is 19.1 Å². The second-order valence-corrected chi connectivity index (χ2v) is 4.34. The zero-order chi connectivity index (χ0) is 11.5. The van der Waals surface area contributed by atoms with Crippen LogP contribution in [0.1, 0.15) is 16.1 Å². The van der Waals surface area contributed by atoms with Crippen LogP contribution < -0.4 is 4.57 Å². The molecule has 0 amide bonds. The van der Waals surface area contributed by atoms with Gasteiger partial charge >= 0.3 is 5.91 Å². The smallest absolute Gasteiger partial charge is 0.240 e. The number of rotatable bonds is 1. The van der Waals surface area contributed by atoms with Gasteiger partial charge in [0.2, 0.25) is 0 Å². The van der Waals surface area contributed by atoms with Crippen molar-refractivity contribution in [3.63, 3.8) is 0 Å². The Hall–Kier alpha value is -1.55. The van der Waals surface area contributed by atoms with Gasteiger partial charge in [0.1, 0.15) is 6.20 Å². The Labute approximate surface area is 102 Å². The lowest BCUT2D eigenvalue weighted by Gasteiger charge is -1.98. The zero-order valence-corrected chi connectivity index (χ0v) is 10.3. The Bertz CT molecular complexity index is 458. The van der Waals surface area contributed by atoms with Crippen molar-refractivity contribution in [1.82, 2.24) is 4.98 Å². The van der Waals surface area contributed by atoms with Gasteiger partial charge in [-0.05, 0) is 24.3 Å². The molecular formula is C12H10BrN2O+. The molecule has 2 aromatic rings. The lowest BCUT2D eigenvalue weighted by Crippen LogP contribution is -2.42. The van der Waals surface area contributed by atoms with Crippen LogP contribution in [-0.4, -0.2) is 10.9 Å². The molecule has 0 atom stereocenters. The first-order valence-electron chi connectivity index (χ1n) is 4.81. The lowest BCUT2D eigenvalue weighted by atomic mass is 10.2. The Balaban J connectivity index is 2.32. The highest BCUT2D eigenvalue weighted by atomic mass is 79.9. The first kappa shape index (κ1) is 11.0. The van der Waals surface area contributed by atoms with E-state index < -0.39 is 0 Å². The Kier molecular flexibility index (Phi) is 3.10. The molecule has 1 aromatic heterocycles. The fourth-order valence-electron chi connectivity index (χ4n) is 1.28. The fraction of sp³-hybridized carbons (Fsp3) is 0.0833. The van der Waals surface area contributed by atoms with Gasteiger partial charge < -0.3 is 0 Å². The number of hydrogen-bond acceptors (Lipinski definition) is 2. The molecule has 2 rings (SSSR count). The minimum absolute atomic E-state index is 0.0833. The number of halogens is 1. The fourth-order valence-corrected chi connectivity index (χ4v) is 1.55. The van der Waals surface area contributed by atoms with Gasteiger partial charge in [-0.15, -0.1) is 0 Å². The van der Waals surface area contributed by atoms with Gasteiger partial charge in [0.15, 0.2) is 5.69 Å². The van der Waals surface area contributed by atoms with Crippen LogP contribution in [0.5, 0.6) is 0 Å². The molecule has 0 radical (unpaired) electrons. The van der Waals surface area contributed by atoms with E-state index >= 15 is 0 Å². The van der Waals surface area contributed by atoms with Crippen molar-refractivity contribution >= 4 is 21.8 Å². The SMILES string of the molecule is Cc1cc[n+](C(=O)c2ccc(Br)cc2)cn1. The van der Waals surface area contributed by atoms with E-state index in [4.69, 9.17) is 0 Å². The minimum atomic E-state index is -0.0833. The predicted molar refractivity (Wildman–Crippen MR) is 63.0 cm³/mol. The largest absolute Gasteiger partial charge is 0.345 e. The van der Waals surface area contributed by atoms with Crippen LogP contribution in [0, 0.1) is 6.92 Å². The third-order valence-corrected chi connectivity index (χ3v) is 2.72. The predicted octanol–water partition coefficient (Wildman–Crippen LogP) is 2.13. The molecule has 0 aliphatic heterocycles. The van der Waals surface area contributed by atoms with Crippen LogP contribution in [0.3, 0.4) is 0 Å². The second-order valence-electron chi connectivity index (χ2n) is 3.42. The number of aryl methyl sites for hydroxylation is 1. The molecule has 4 heteroatoms. The molecular weight excluding hydrogens is 268 g/mol. The lowest BCUT2D eigenvalue weighted by molar-refractivity contribution is -0.574. The molecule has 80 valence electrons. The topological polar surface area (TPSA) is 33.8 Å². The van der Waals surface area contributed by atoms with E-state index in [1.54, 1.807) is 24.4 Å². The van der Waals surface area contributed by atoms with Crippen LogP contribution in [0.25, 0.3) is 0 Å². The molecule has 0 saturated carbocycles. The Morgan fingerprint density at radius 1 is 1.25 bits per heavy atom. The number of carbonyl (C=O) groups is 1. The third kappa shape index (κ3) is 2.33. The zero-order valence-electron chi connectivity index (χ0n) is 8.72. The highest BCUT2D eigenvalue weighted by Crippen LogP contribution is 2.10. The summed E-state index contributed by atoms with van der Waals surface area (Å²) < 4.78 is 2.42. The van der Waals surface area contributed by atoms with E-state index in [9.17, 15) is 4.79 Å². The van der Waals surface area contributed by atoms with Crippen LogP contribution in [0.4, 0.5) is 0 Å². The molecule has 0 unspecified atom stereocenters. The summed E-state index contributed by atoms with van der Waals surface area (Å²) >= 11 is 3.33. The molecule has 0 N–H and O–H groups in total. The summed E-state index contributed by atoms with van der Waals surface area (Å²) in [6.45, 7) is 1.88. The highest BCUT2D eigenvalue weighted by Gasteiger charge is 2.13. The minimum Gasteiger partial charge on any atom is -0.240 e. The van der Waals surface area contributed by atoms with Crippen LogP contribution in [-0.2, 0) is 0 Å². The van der Waals surface area contributed by atoms with Crippen molar-refractivity contribution in [2.75, 3.05) is 0 Å². The quantitative estimate of drug-likeness (QED) is 0.749. The number of nitrogens with zero attached hydrogens (tertiary/aromatic N) is 2. The number of hydrogen-bond donors (Lipinski definition) is 0. The Morgan fingerprint density at radius 2 is 1.94 bits per heavy atom. The Morgan fingerprint density at radius 3 is 2.50 bits per heavy atom. The van der Waals surface area contributed by atoms with Gasteiger partial charge in [-0.1, -0.05) is 20.9 Å². The molecule has 3 nitrogen and oxygen atoms in total. The van der Waals surface area contributed by atoms with E-state index in [0.717, 1.165) is 10.2 Å². The van der Waals surface area contributed by atoms with Crippen LogP contribution in [0.2, 0.25) is 0 Å². The molecule has 0 saturated heterocycles. The van der Waals surface area contributed by atoms with Gasteiger partial charge in [0, 0.05) is 17.5 Å². The molecule has 1 heterocycles. The highest BCUT2D eigenvalue weighted by molar-refractivity contribution is 9.10. The van der Waals surface area contributed by atoms with Gasteiger partial charge in [-0.3, -0.25) is 0 Å². The van der Waals surface area contributed by atoms with Gasteiger partial charge in [-0.2, -0.15) is 4.57 Å². The summed E-state index contributed by atoms with van der Waals surface area (Å²) in [5.41, 5.74) is 1.53. The van der Waals surface area contributed by atoms with Crippen molar-refractivity contribution < 1.29 is 9.36 Å². The average molecular weight is 278 g/mol.